The van der Waals surface area contributed by atoms with Crippen LogP contribution in [-0.2, 0) is 4.74 Å². The summed E-state index contributed by atoms with van der Waals surface area (Å²) in [6, 6.07) is 0. The van der Waals surface area contributed by atoms with Crippen LogP contribution in [0.5, 0.6) is 0 Å². The van der Waals surface area contributed by atoms with Crippen LogP contribution in [0.3, 0.4) is 0 Å². The monoisotopic (exact) mass is 264 g/mol. The maximum atomic E-state index is 13.8. The highest BCUT2D eigenvalue weighted by atomic mass is 19.4. The van der Waals surface area contributed by atoms with Crippen molar-refractivity contribution in [1.29, 1.82) is 0 Å². The van der Waals surface area contributed by atoms with Crippen LogP contribution < -0.4 is 0 Å². The number of hydrogen-bond acceptors (Lipinski definition) is 1. The molecule has 1 rings (SSSR count). The van der Waals surface area contributed by atoms with Gasteiger partial charge in [0.05, 0.1) is 6.10 Å². The Morgan fingerprint density at radius 2 is 1.65 bits per heavy atom. The van der Waals surface area contributed by atoms with Gasteiger partial charge >= 0.3 is 12.3 Å². The zero-order valence-electron chi connectivity index (χ0n) is 9.45. The summed E-state index contributed by atoms with van der Waals surface area (Å²) < 4.78 is 82.1. The molecule has 0 aliphatic carbocycles. The van der Waals surface area contributed by atoms with Gasteiger partial charge in [-0.3, -0.25) is 0 Å². The highest BCUT2D eigenvalue weighted by molar-refractivity contribution is 5.03. The highest BCUT2D eigenvalue weighted by Gasteiger charge is 2.77. The van der Waals surface area contributed by atoms with Gasteiger partial charge in [0, 0.05) is 5.92 Å². The Bertz CT molecular complexity index is 276. The van der Waals surface area contributed by atoms with Crippen molar-refractivity contribution in [2.75, 3.05) is 0 Å². The van der Waals surface area contributed by atoms with Crippen molar-refractivity contribution in [2.45, 2.75) is 57.2 Å². The molecule has 1 saturated heterocycles. The molecule has 102 valence electrons. The predicted octanol–water partition coefficient (Wildman–Crippen LogP) is 4.07. The molecule has 1 heterocycles. The molecule has 0 amide bonds. The van der Waals surface area contributed by atoms with E-state index in [0.29, 0.717) is 0 Å². The summed E-state index contributed by atoms with van der Waals surface area (Å²) in [5, 5.41) is 0. The molecule has 17 heavy (non-hydrogen) atoms. The van der Waals surface area contributed by atoms with Gasteiger partial charge in [0.25, 0.3) is 5.67 Å². The highest BCUT2D eigenvalue weighted by Crippen LogP contribution is 2.56. The minimum Gasteiger partial charge on any atom is -0.314 e. The van der Waals surface area contributed by atoms with Gasteiger partial charge in [-0.2, -0.15) is 22.0 Å². The molecular weight excluding hydrogens is 250 g/mol. The van der Waals surface area contributed by atoms with Crippen molar-refractivity contribution in [3.05, 3.63) is 0 Å². The van der Waals surface area contributed by atoms with Crippen molar-refractivity contribution in [2.24, 2.45) is 5.92 Å². The lowest BCUT2D eigenvalue weighted by Gasteiger charge is -2.45. The van der Waals surface area contributed by atoms with E-state index in [-0.39, 0.29) is 19.3 Å². The molecule has 1 aliphatic heterocycles. The molecule has 0 N–H and O–H groups in total. The topological polar surface area (TPSA) is 9.23 Å². The molecule has 0 aromatic rings. The van der Waals surface area contributed by atoms with Crippen molar-refractivity contribution in [3.8, 4) is 0 Å². The van der Waals surface area contributed by atoms with E-state index in [1.807, 2.05) is 0 Å². The lowest BCUT2D eigenvalue weighted by molar-refractivity contribution is -0.426. The van der Waals surface area contributed by atoms with Crippen LogP contribution in [0.2, 0.25) is 0 Å². The average Bonchev–Trinajstić information content (AvgIpc) is 2.19. The predicted molar refractivity (Wildman–Crippen MR) is 48.4 cm³/mol. The molecule has 1 nitrogen and oxygen atoms in total. The molecule has 1 aliphatic rings. The van der Waals surface area contributed by atoms with E-state index in [1.165, 1.54) is 13.8 Å². The van der Waals surface area contributed by atoms with Gasteiger partial charge < -0.3 is 4.74 Å². The lowest BCUT2D eigenvalue weighted by atomic mass is 9.78. The molecule has 3 atom stereocenters. The fraction of sp³-hybridized carbons (Fsp3) is 1.00. The Kier molecular flexibility index (Phi) is 3.72. The Labute approximate surface area is 95.1 Å². The second-order valence-electron chi connectivity index (χ2n) is 4.22. The van der Waals surface area contributed by atoms with Crippen LogP contribution in [0.25, 0.3) is 0 Å². The first-order chi connectivity index (χ1) is 7.60. The second-order valence-corrected chi connectivity index (χ2v) is 4.22. The van der Waals surface area contributed by atoms with E-state index in [2.05, 4.69) is 4.74 Å². The number of rotatable bonds is 2. The van der Waals surface area contributed by atoms with Crippen molar-refractivity contribution >= 4 is 0 Å². The number of alkyl halides is 6. The summed E-state index contributed by atoms with van der Waals surface area (Å²) in [5.41, 5.74) is -4.60. The summed E-state index contributed by atoms with van der Waals surface area (Å²) in [6.45, 7) is 2.77. The zero-order chi connectivity index (χ0) is 13.5. The van der Waals surface area contributed by atoms with Crippen molar-refractivity contribution < 1.29 is 31.1 Å². The molecular formula is C10H14F6O. The smallest absolute Gasteiger partial charge is 0.314 e. The standard InChI is InChI=1S/C10H14F6O/c1-3-6-5-7(4-2)17-10(15,16)8(6,11)9(12,13)14/h6-7H,3-5H2,1-2H3. The normalized spacial score (nSPS) is 38.1. The molecule has 7 heteroatoms. The first-order valence-corrected chi connectivity index (χ1v) is 5.41. The average molecular weight is 264 g/mol. The Morgan fingerprint density at radius 1 is 1.12 bits per heavy atom. The van der Waals surface area contributed by atoms with E-state index < -0.39 is 30.0 Å². The summed E-state index contributed by atoms with van der Waals surface area (Å²) in [7, 11) is 0. The van der Waals surface area contributed by atoms with Crippen LogP contribution in [0, 0.1) is 5.92 Å². The van der Waals surface area contributed by atoms with Crippen molar-refractivity contribution in [1.82, 2.24) is 0 Å². The van der Waals surface area contributed by atoms with Gasteiger partial charge in [-0.15, -0.1) is 0 Å². The number of halogens is 6. The minimum absolute atomic E-state index is 0.125. The van der Waals surface area contributed by atoms with Gasteiger partial charge in [0.1, 0.15) is 0 Å². The Hall–Kier alpha value is -0.460. The molecule has 0 saturated carbocycles. The first kappa shape index (κ1) is 14.6. The SMILES string of the molecule is CCC1CC(CC)C(F)(C(F)(F)F)C(F)(F)O1. The fourth-order valence-electron chi connectivity index (χ4n) is 2.15. The van der Waals surface area contributed by atoms with E-state index in [4.69, 9.17) is 0 Å². The van der Waals surface area contributed by atoms with Gasteiger partial charge in [0.15, 0.2) is 0 Å². The fourth-order valence-corrected chi connectivity index (χ4v) is 2.15. The zero-order valence-corrected chi connectivity index (χ0v) is 9.45. The Balaban J connectivity index is 3.16. The van der Waals surface area contributed by atoms with Gasteiger partial charge in [-0.1, -0.05) is 13.8 Å². The molecule has 1 fully saturated rings. The minimum atomic E-state index is -5.64. The first-order valence-electron chi connectivity index (χ1n) is 5.41. The van der Waals surface area contributed by atoms with Crippen molar-refractivity contribution in [3.63, 3.8) is 0 Å². The summed E-state index contributed by atoms with van der Waals surface area (Å²) in [5.74, 6) is -1.78. The third-order valence-corrected chi connectivity index (χ3v) is 3.21. The van der Waals surface area contributed by atoms with Gasteiger partial charge in [0.2, 0.25) is 0 Å². The molecule has 0 bridgehead atoms. The largest absolute Gasteiger partial charge is 0.431 e. The van der Waals surface area contributed by atoms with E-state index in [0.717, 1.165) is 0 Å². The van der Waals surface area contributed by atoms with E-state index in [1.54, 1.807) is 0 Å². The number of ether oxygens (including phenoxy) is 1. The van der Waals surface area contributed by atoms with Crippen LogP contribution in [0.4, 0.5) is 26.3 Å². The summed E-state index contributed by atoms with van der Waals surface area (Å²) in [6.07, 6.45) is -12.0. The van der Waals surface area contributed by atoms with Crippen LogP contribution in [-0.4, -0.2) is 24.1 Å². The summed E-state index contributed by atoms with van der Waals surface area (Å²) in [4.78, 5) is 0. The van der Waals surface area contributed by atoms with Crippen LogP contribution in [0.15, 0.2) is 0 Å². The number of hydrogen-bond donors (Lipinski definition) is 0. The van der Waals surface area contributed by atoms with E-state index >= 15 is 0 Å². The molecule has 0 radical (unpaired) electrons. The maximum absolute atomic E-state index is 13.8. The summed E-state index contributed by atoms with van der Waals surface area (Å²) >= 11 is 0. The second kappa shape index (κ2) is 4.33. The van der Waals surface area contributed by atoms with E-state index in [9.17, 15) is 26.3 Å². The lowest BCUT2D eigenvalue weighted by Crippen LogP contribution is -2.65. The quantitative estimate of drug-likeness (QED) is 0.683. The Morgan fingerprint density at radius 3 is 2.00 bits per heavy atom. The van der Waals surface area contributed by atoms with Crippen LogP contribution in [0.1, 0.15) is 33.1 Å². The third kappa shape index (κ3) is 2.13. The maximum Gasteiger partial charge on any atom is 0.431 e. The molecule has 0 spiro atoms. The molecule has 0 aromatic carbocycles. The van der Waals surface area contributed by atoms with Crippen LogP contribution >= 0.6 is 0 Å². The van der Waals surface area contributed by atoms with Gasteiger partial charge in [-0.25, -0.2) is 4.39 Å². The van der Waals surface area contributed by atoms with Gasteiger partial charge in [-0.05, 0) is 19.3 Å². The molecule has 3 unspecified atom stereocenters. The third-order valence-electron chi connectivity index (χ3n) is 3.21. The molecule has 0 aromatic heterocycles.